The van der Waals surface area contributed by atoms with E-state index in [-0.39, 0.29) is 11.5 Å². The Morgan fingerprint density at radius 2 is 2.00 bits per heavy atom. The maximum Gasteiger partial charge on any atom is 0.297 e. The summed E-state index contributed by atoms with van der Waals surface area (Å²) >= 11 is 3.24. The molecule has 2 rings (SSSR count). The van der Waals surface area contributed by atoms with Crippen LogP contribution in [-0.2, 0) is 19.0 Å². The molecule has 1 aromatic rings. The van der Waals surface area contributed by atoms with E-state index >= 15 is 0 Å². The molecular weight excluding hydrogens is 296 g/mol. The quantitative estimate of drug-likeness (QED) is 0.630. The molecule has 1 fully saturated rings. The third kappa shape index (κ3) is 2.82. The minimum atomic E-state index is -3.67. The number of rotatable bonds is 4. The first kappa shape index (κ1) is 12.0. The van der Waals surface area contributed by atoms with Gasteiger partial charge in [0.05, 0.1) is 18.1 Å². The second-order valence-corrected chi connectivity index (χ2v) is 6.44. The fourth-order valence-corrected chi connectivity index (χ4v) is 2.35. The lowest BCUT2D eigenvalue weighted by Crippen LogP contribution is -2.18. The predicted octanol–water partition coefficient (Wildman–Crippen LogP) is 1.94. The molecule has 6 heteroatoms. The molecule has 0 bridgehead atoms. The van der Waals surface area contributed by atoms with E-state index < -0.39 is 15.7 Å². The third-order valence-electron chi connectivity index (χ3n) is 2.26. The second-order valence-electron chi connectivity index (χ2n) is 3.91. The van der Waals surface area contributed by atoms with Crippen molar-refractivity contribution >= 4 is 26.0 Å². The van der Waals surface area contributed by atoms with Crippen LogP contribution in [0.2, 0.25) is 0 Å². The maximum atomic E-state index is 11.7. The highest BCUT2D eigenvalue weighted by Gasteiger charge is 2.41. The monoisotopic (exact) mass is 306 g/mol. The van der Waals surface area contributed by atoms with Gasteiger partial charge in [0.2, 0.25) is 0 Å². The zero-order chi connectivity index (χ0) is 11.8. The summed E-state index contributed by atoms with van der Waals surface area (Å²) in [6.07, 6.45) is 0. The van der Waals surface area contributed by atoms with E-state index in [0.29, 0.717) is 6.61 Å². The van der Waals surface area contributed by atoms with Crippen molar-refractivity contribution < 1.29 is 17.3 Å². The van der Waals surface area contributed by atoms with Crippen LogP contribution in [0.1, 0.15) is 6.92 Å². The molecule has 1 atom stereocenters. The van der Waals surface area contributed by atoms with Gasteiger partial charge in [-0.3, -0.25) is 4.18 Å². The summed E-state index contributed by atoms with van der Waals surface area (Å²) < 4.78 is 34.2. The van der Waals surface area contributed by atoms with Crippen LogP contribution in [0.3, 0.4) is 0 Å². The fraction of sp³-hybridized carbons (Fsp3) is 0.400. The fourth-order valence-electron chi connectivity index (χ4n) is 1.08. The summed E-state index contributed by atoms with van der Waals surface area (Å²) in [5.41, 5.74) is -0.428. The van der Waals surface area contributed by atoms with Crippen molar-refractivity contribution in [3.8, 4) is 0 Å². The molecule has 16 heavy (non-hydrogen) atoms. The van der Waals surface area contributed by atoms with Gasteiger partial charge < -0.3 is 4.74 Å². The zero-order valence-corrected chi connectivity index (χ0v) is 11.0. The lowest BCUT2D eigenvalue weighted by Gasteiger charge is -2.07. The van der Waals surface area contributed by atoms with E-state index in [1.54, 1.807) is 12.1 Å². The van der Waals surface area contributed by atoms with Crippen molar-refractivity contribution in [1.82, 2.24) is 0 Å². The summed E-state index contributed by atoms with van der Waals surface area (Å²) in [4.78, 5) is 0.153. The molecule has 0 amide bonds. The van der Waals surface area contributed by atoms with Crippen LogP contribution in [0.5, 0.6) is 0 Å². The molecule has 88 valence electrons. The van der Waals surface area contributed by atoms with Gasteiger partial charge in [-0.2, -0.15) is 8.42 Å². The van der Waals surface area contributed by atoms with Gasteiger partial charge in [0.25, 0.3) is 10.1 Å². The Bertz CT molecular complexity index is 476. The van der Waals surface area contributed by atoms with Crippen LogP contribution in [-0.4, -0.2) is 27.2 Å². The molecule has 1 aromatic carbocycles. The molecule has 4 nitrogen and oxygen atoms in total. The molecule has 0 aromatic heterocycles. The molecule has 0 N–H and O–H groups in total. The number of halogens is 1. The van der Waals surface area contributed by atoms with Gasteiger partial charge in [-0.25, -0.2) is 0 Å². The minimum Gasteiger partial charge on any atom is -0.367 e. The van der Waals surface area contributed by atoms with E-state index in [2.05, 4.69) is 15.9 Å². The standard InChI is InChI=1S/C10H11BrO4S/c1-10(6-14-10)7-15-16(12,13)9-4-2-8(11)3-5-9/h2-5H,6-7H2,1H3. The van der Waals surface area contributed by atoms with Gasteiger partial charge in [-0.15, -0.1) is 0 Å². The average Bonchev–Trinajstić information content (AvgIpc) is 2.96. The van der Waals surface area contributed by atoms with Crippen molar-refractivity contribution in [2.45, 2.75) is 17.4 Å². The Morgan fingerprint density at radius 1 is 1.44 bits per heavy atom. The van der Waals surface area contributed by atoms with E-state index in [1.165, 1.54) is 12.1 Å². The minimum absolute atomic E-state index is 0.0609. The Kier molecular flexibility index (Phi) is 3.09. The predicted molar refractivity (Wildman–Crippen MR) is 61.6 cm³/mol. The van der Waals surface area contributed by atoms with Crippen LogP contribution in [0.15, 0.2) is 33.6 Å². The van der Waals surface area contributed by atoms with Crippen LogP contribution >= 0.6 is 15.9 Å². The zero-order valence-electron chi connectivity index (χ0n) is 8.64. The van der Waals surface area contributed by atoms with Crippen LogP contribution < -0.4 is 0 Å². The molecule has 1 aliphatic rings. The second kappa shape index (κ2) is 4.10. The molecular formula is C10H11BrO4S. The van der Waals surface area contributed by atoms with Gasteiger partial charge in [0, 0.05) is 4.47 Å². The molecule has 1 unspecified atom stereocenters. The average molecular weight is 307 g/mol. The van der Waals surface area contributed by atoms with Crippen LogP contribution in [0.25, 0.3) is 0 Å². The van der Waals surface area contributed by atoms with Crippen molar-refractivity contribution in [2.24, 2.45) is 0 Å². The number of hydrogen-bond donors (Lipinski definition) is 0. The smallest absolute Gasteiger partial charge is 0.297 e. The Hall–Kier alpha value is -0.430. The lowest BCUT2D eigenvalue weighted by atomic mass is 10.2. The first-order valence-electron chi connectivity index (χ1n) is 4.70. The highest BCUT2D eigenvalue weighted by Crippen LogP contribution is 2.27. The van der Waals surface area contributed by atoms with Gasteiger partial charge in [-0.05, 0) is 31.2 Å². The molecule has 0 spiro atoms. The Balaban J connectivity index is 2.09. The van der Waals surface area contributed by atoms with Crippen LogP contribution in [0.4, 0.5) is 0 Å². The molecule has 1 heterocycles. The van der Waals surface area contributed by atoms with E-state index in [9.17, 15) is 8.42 Å². The van der Waals surface area contributed by atoms with Gasteiger partial charge in [0.1, 0.15) is 5.60 Å². The summed E-state index contributed by atoms with van der Waals surface area (Å²) in [6, 6.07) is 6.31. The SMILES string of the molecule is CC1(COS(=O)(=O)c2ccc(Br)cc2)CO1. The van der Waals surface area contributed by atoms with E-state index in [1.807, 2.05) is 6.92 Å². The summed E-state index contributed by atoms with van der Waals surface area (Å²) in [7, 11) is -3.67. The summed E-state index contributed by atoms with van der Waals surface area (Å²) in [5.74, 6) is 0. The third-order valence-corrected chi connectivity index (χ3v) is 4.07. The molecule has 1 saturated heterocycles. The van der Waals surface area contributed by atoms with Crippen LogP contribution in [0, 0.1) is 0 Å². The highest BCUT2D eigenvalue weighted by molar-refractivity contribution is 9.10. The van der Waals surface area contributed by atoms with Gasteiger partial charge in [-0.1, -0.05) is 15.9 Å². The van der Waals surface area contributed by atoms with Crippen molar-refractivity contribution in [1.29, 1.82) is 0 Å². The van der Waals surface area contributed by atoms with Crippen molar-refractivity contribution in [2.75, 3.05) is 13.2 Å². The summed E-state index contributed by atoms with van der Waals surface area (Å²) in [5, 5.41) is 0. The van der Waals surface area contributed by atoms with Crippen molar-refractivity contribution in [3.05, 3.63) is 28.7 Å². The molecule has 1 aliphatic heterocycles. The number of ether oxygens (including phenoxy) is 1. The first-order valence-corrected chi connectivity index (χ1v) is 6.90. The molecule has 0 saturated carbocycles. The van der Waals surface area contributed by atoms with E-state index in [4.69, 9.17) is 8.92 Å². The van der Waals surface area contributed by atoms with Gasteiger partial charge >= 0.3 is 0 Å². The largest absolute Gasteiger partial charge is 0.367 e. The lowest BCUT2D eigenvalue weighted by molar-refractivity contribution is 0.207. The van der Waals surface area contributed by atoms with Gasteiger partial charge in [0.15, 0.2) is 0 Å². The number of epoxide rings is 1. The normalized spacial score (nSPS) is 24.4. The maximum absolute atomic E-state index is 11.7. The topological polar surface area (TPSA) is 55.9 Å². The number of benzene rings is 1. The first-order chi connectivity index (χ1) is 7.41. The highest BCUT2D eigenvalue weighted by atomic mass is 79.9. The molecule has 0 radical (unpaired) electrons. The Labute approximate surface area is 103 Å². The Morgan fingerprint density at radius 3 is 2.50 bits per heavy atom. The van der Waals surface area contributed by atoms with E-state index in [0.717, 1.165) is 4.47 Å². The number of hydrogen-bond acceptors (Lipinski definition) is 4. The summed E-state index contributed by atoms with van der Waals surface area (Å²) in [6.45, 7) is 2.42. The molecule has 0 aliphatic carbocycles. The van der Waals surface area contributed by atoms with Crippen molar-refractivity contribution in [3.63, 3.8) is 0 Å².